The Bertz CT molecular complexity index is 498. The molecule has 7 heteroatoms. The van der Waals surface area contributed by atoms with E-state index in [1.165, 1.54) is 6.07 Å². The highest BCUT2D eigenvalue weighted by Crippen LogP contribution is 2.28. The summed E-state index contributed by atoms with van der Waals surface area (Å²) in [5.74, 6) is -1.19. The Kier molecular flexibility index (Phi) is 4.54. The van der Waals surface area contributed by atoms with Crippen LogP contribution in [0.1, 0.15) is 30.2 Å². The zero-order chi connectivity index (χ0) is 13.7. The van der Waals surface area contributed by atoms with E-state index in [0.29, 0.717) is 0 Å². The van der Waals surface area contributed by atoms with E-state index in [0.717, 1.165) is 6.20 Å². The molecule has 1 N–H and O–H groups in total. The fourth-order valence-electron chi connectivity index (χ4n) is 1.38. The van der Waals surface area contributed by atoms with Gasteiger partial charge in [-0.15, -0.1) is 0 Å². The first-order valence-electron chi connectivity index (χ1n) is 5.05. The van der Waals surface area contributed by atoms with E-state index < -0.39 is 35.8 Å². The van der Waals surface area contributed by atoms with Crippen LogP contribution in [0.25, 0.3) is 0 Å². The number of carbonyl (C=O) groups is 1. The van der Waals surface area contributed by atoms with E-state index in [2.05, 4.69) is 9.72 Å². The molecule has 0 atom stereocenters. The lowest BCUT2D eigenvalue weighted by Gasteiger charge is -2.09. The van der Waals surface area contributed by atoms with Gasteiger partial charge in [-0.05, 0) is 6.92 Å². The number of hydrogen-bond acceptors (Lipinski definition) is 5. The fraction of sp³-hybridized carbons (Fsp3) is 0.364. The Morgan fingerprint density at radius 3 is 2.83 bits per heavy atom. The average Bonchev–Trinajstić information content (AvgIpc) is 2.31. The zero-order valence-corrected chi connectivity index (χ0v) is 9.48. The molecule has 0 bridgehead atoms. The van der Waals surface area contributed by atoms with Crippen molar-refractivity contribution >= 4 is 5.97 Å². The molecule has 1 aromatic rings. The van der Waals surface area contributed by atoms with Crippen LogP contribution < -0.4 is 0 Å². The molecular formula is C11H10F2N2O3. The molecule has 0 aliphatic rings. The Morgan fingerprint density at radius 2 is 2.33 bits per heavy atom. The van der Waals surface area contributed by atoms with Crippen LogP contribution in [0.4, 0.5) is 8.78 Å². The molecule has 0 radical (unpaired) electrons. The first-order chi connectivity index (χ1) is 8.51. The minimum atomic E-state index is -2.96. The van der Waals surface area contributed by atoms with Crippen molar-refractivity contribution in [1.82, 2.24) is 4.98 Å². The largest absolute Gasteiger partial charge is 0.506 e. The first kappa shape index (κ1) is 13.8. The summed E-state index contributed by atoms with van der Waals surface area (Å²) in [5, 5.41) is 18.3. The van der Waals surface area contributed by atoms with Crippen molar-refractivity contribution in [1.29, 1.82) is 5.26 Å². The normalized spacial score (nSPS) is 10.2. The predicted molar refractivity (Wildman–Crippen MR) is 55.9 cm³/mol. The third-order valence-electron chi connectivity index (χ3n) is 2.14. The van der Waals surface area contributed by atoms with Crippen molar-refractivity contribution in [3.8, 4) is 11.8 Å². The molecule has 0 unspecified atom stereocenters. The number of nitriles is 1. The van der Waals surface area contributed by atoms with Gasteiger partial charge in [-0.3, -0.25) is 4.79 Å². The topological polar surface area (TPSA) is 83.2 Å². The number of hydrogen-bond donors (Lipinski definition) is 1. The molecule has 18 heavy (non-hydrogen) atoms. The van der Waals surface area contributed by atoms with Gasteiger partial charge in [0.25, 0.3) is 6.43 Å². The molecule has 5 nitrogen and oxygen atoms in total. The monoisotopic (exact) mass is 256 g/mol. The Morgan fingerprint density at radius 1 is 1.67 bits per heavy atom. The quantitative estimate of drug-likeness (QED) is 0.829. The SMILES string of the molecule is CCOC(=O)Cc1c(O)cnc(C(F)F)c1C#N. The number of ether oxygens (including phenoxy) is 1. The van der Waals surface area contributed by atoms with Crippen molar-refractivity contribution in [3.63, 3.8) is 0 Å². The molecule has 0 fully saturated rings. The van der Waals surface area contributed by atoms with Gasteiger partial charge in [0.2, 0.25) is 0 Å². The highest BCUT2D eigenvalue weighted by molar-refractivity contribution is 5.75. The summed E-state index contributed by atoms with van der Waals surface area (Å²) in [6, 6.07) is 1.52. The van der Waals surface area contributed by atoms with Gasteiger partial charge in [0.1, 0.15) is 17.5 Å². The molecule has 1 heterocycles. The van der Waals surface area contributed by atoms with Crippen molar-refractivity contribution in [2.24, 2.45) is 0 Å². The van der Waals surface area contributed by atoms with Gasteiger partial charge >= 0.3 is 5.97 Å². The number of carbonyl (C=O) groups excluding carboxylic acids is 1. The van der Waals surface area contributed by atoms with Gasteiger partial charge in [-0.2, -0.15) is 5.26 Å². The number of aromatic nitrogens is 1. The van der Waals surface area contributed by atoms with Gasteiger partial charge < -0.3 is 9.84 Å². The lowest BCUT2D eigenvalue weighted by atomic mass is 10.0. The number of aromatic hydroxyl groups is 1. The predicted octanol–water partition coefficient (Wildman–Crippen LogP) is 1.70. The van der Waals surface area contributed by atoms with E-state index in [4.69, 9.17) is 5.26 Å². The van der Waals surface area contributed by atoms with E-state index in [9.17, 15) is 18.7 Å². The third kappa shape index (κ3) is 2.91. The molecule has 1 aromatic heterocycles. The Balaban J connectivity index is 3.21. The van der Waals surface area contributed by atoms with Crippen LogP contribution in [0.15, 0.2) is 6.20 Å². The Hall–Kier alpha value is -2.23. The highest BCUT2D eigenvalue weighted by atomic mass is 19.3. The van der Waals surface area contributed by atoms with Crippen LogP contribution in [0, 0.1) is 11.3 Å². The summed E-state index contributed by atoms with van der Waals surface area (Å²) in [6.45, 7) is 1.70. The summed E-state index contributed by atoms with van der Waals surface area (Å²) in [4.78, 5) is 14.6. The fourth-order valence-corrected chi connectivity index (χ4v) is 1.38. The molecule has 0 saturated heterocycles. The number of rotatable bonds is 4. The standard InChI is InChI=1S/C11H10F2N2O3/c1-2-18-9(17)3-6-7(4-14)10(11(12)13)15-5-8(6)16/h5,11,16H,2-3H2,1H3. The number of pyridine rings is 1. The van der Waals surface area contributed by atoms with Gasteiger partial charge in [0.15, 0.2) is 0 Å². The molecule has 1 rings (SSSR count). The van der Waals surface area contributed by atoms with Crippen LogP contribution >= 0.6 is 0 Å². The van der Waals surface area contributed by atoms with Gasteiger partial charge in [0.05, 0.1) is 24.8 Å². The number of nitrogens with zero attached hydrogens (tertiary/aromatic N) is 2. The maximum Gasteiger partial charge on any atom is 0.310 e. The maximum absolute atomic E-state index is 12.6. The van der Waals surface area contributed by atoms with Gasteiger partial charge in [-0.1, -0.05) is 0 Å². The van der Waals surface area contributed by atoms with Crippen molar-refractivity contribution < 1.29 is 23.4 Å². The lowest BCUT2D eigenvalue weighted by Crippen LogP contribution is -2.11. The van der Waals surface area contributed by atoms with Crippen molar-refractivity contribution in [2.45, 2.75) is 19.8 Å². The first-order valence-corrected chi connectivity index (χ1v) is 5.05. The molecular weight excluding hydrogens is 246 g/mol. The summed E-state index contributed by atoms with van der Waals surface area (Å²) < 4.78 is 29.8. The summed E-state index contributed by atoms with van der Waals surface area (Å²) in [7, 11) is 0. The molecule has 0 aromatic carbocycles. The molecule has 0 spiro atoms. The minimum absolute atomic E-state index is 0.119. The number of alkyl halides is 2. The second-order valence-corrected chi connectivity index (χ2v) is 3.28. The number of esters is 1. The van der Waals surface area contributed by atoms with Gasteiger partial charge in [-0.25, -0.2) is 13.8 Å². The average molecular weight is 256 g/mol. The summed E-state index contributed by atoms with van der Waals surface area (Å²) in [5.41, 5.74) is -1.44. The molecule has 0 aliphatic carbocycles. The molecule has 96 valence electrons. The van der Waals surface area contributed by atoms with E-state index in [-0.39, 0.29) is 12.2 Å². The molecule has 0 amide bonds. The second kappa shape index (κ2) is 5.91. The maximum atomic E-state index is 12.6. The van der Waals surface area contributed by atoms with Crippen LogP contribution in [0.3, 0.4) is 0 Å². The minimum Gasteiger partial charge on any atom is -0.506 e. The Labute approximate surface area is 102 Å². The third-order valence-corrected chi connectivity index (χ3v) is 2.14. The van der Waals surface area contributed by atoms with Crippen LogP contribution in [-0.2, 0) is 16.0 Å². The van der Waals surface area contributed by atoms with Crippen molar-refractivity contribution in [2.75, 3.05) is 6.61 Å². The van der Waals surface area contributed by atoms with E-state index in [1.807, 2.05) is 0 Å². The zero-order valence-electron chi connectivity index (χ0n) is 9.48. The lowest BCUT2D eigenvalue weighted by molar-refractivity contribution is -0.142. The van der Waals surface area contributed by atoms with Gasteiger partial charge in [0, 0.05) is 5.56 Å². The summed E-state index contributed by atoms with van der Waals surface area (Å²) >= 11 is 0. The van der Waals surface area contributed by atoms with Crippen molar-refractivity contribution in [3.05, 3.63) is 23.0 Å². The number of halogens is 2. The second-order valence-electron chi connectivity index (χ2n) is 3.28. The van der Waals surface area contributed by atoms with E-state index in [1.54, 1.807) is 6.92 Å². The smallest absolute Gasteiger partial charge is 0.310 e. The van der Waals surface area contributed by atoms with Crippen LogP contribution in [0.5, 0.6) is 5.75 Å². The van der Waals surface area contributed by atoms with Crippen LogP contribution in [0.2, 0.25) is 0 Å². The molecule has 0 saturated carbocycles. The van der Waals surface area contributed by atoms with E-state index >= 15 is 0 Å². The highest BCUT2D eigenvalue weighted by Gasteiger charge is 2.22. The molecule has 0 aliphatic heterocycles. The van der Waals surface area contributed by atoms with Crippen LogP contribution in [-0.4, -0.2) is 22.7 Å². The summed E-state index contributed by atoms with van der Waals surface area (Å²) in [6.07, 6.45) is -2.62.